The number of aliphatic hydroxyl groups excluding tert-OH is 1. The van der Waals surface area contributed by atoms with E-state index >= 15 is 0 Å². The third kappa shape index (κ3) is 4.40. The van der Waals surface area contributed by atoms with E-state index in [1.165, 1.54) is 0 Å². The lowest BCUT2D eigenvalue weighted by molar-refractivity contribution is 0.175. The summed E-state index contributed by atoms with van der Waals surface area (Å²) in [5.41, 5.74) is 2.33. The summed E-state index contributed by atoms with van der Waals surface area (Å²) in [4.78, 5) is 4.63. The molecule has 0 bridgehead atoms. The largest absolute Gasteiger partial charge is 0.392 e. The molecule has 0 aliphatic rings. The number of benzene rings is 1. The van der Waals surface area contributed by atoms with Crippen LogP contribution >= 0.6 is 27.3 Å². The average Bonchev–Trinajstić information content (AvgIpc) is 2.80. The van der Waals surface area contributed by atoms with Crippen LogP contribution in [-0.4, -0.2) is 16.2 Å². The highest BCUT2D eigenvalue weighted by atomic mass is 79.9. The van der Waals surface area contributed by atoms with E-state index < -0.39 is 0 Å². The van der Waals surface area contributed by atoms with Gasteiger partial charge in [0.25, 0.3) is 0 Å². The molecule has 2 rings (SSSR count). The molecular formula is C16H20BrNOS. The van der Waals surface area contributed by atoms with Crippen LogP contribution in [0.15, 0.2) is 34.1 Å². The van der Waals surface area contributed by atoms with Gasteiger partial charge in [0.1, 0.15) is 0 Å². The Hall–Kier alpha value is -0.710. The van der Waals surface area contributed by atoms with Gasteiger partial charge in [0.05, 0.1) is 16.8 Å². The minimum absolute atomic E-state index is 0.0748. The highest BCUT2D eigenvalue weighted by Gasteiger charge is 2.18. The van der Waals surface area contributed by atoms with E-state index in [2.05, 4.69) is 47.1 Å². The van der Waals surface area contributed by atoms with Crippen molar-refractivity contribution in [1.29, 1.82) is 0 Å². The summed E-state index contributed by atoms with van der Waals surface area (Å²) in [6.45, 7) is 6.47. The fourth-order valence-corrected chi connectivity index (χ4v) is 3.27. The molecule has 0 saturated carbocycles. The van der Waals surface area contributed by atoms with E-state index in [-0.39, 0.29) is 11.5 Å². The van der Waals surface area contributed by atoms with Crippen LogP contribution in [0.1, 0.15) is 37.0 Å². The maximum absolute atomic E-state index is 10.2. The van der Waals surface area contributed by atoms with Gasteiger partial charge < -0.3 is 5.11 Å². The van der Waals surface area contributed by atoms with Gasteiger partial charge >= 0.3 is 0 Å². The Morgan fingerprint density at radius 2 is 1.85 bits per heavy atom. The predicted molar refractivity (Wildman–Crippen MR) is 88.4 cm³/mol. The molecule has 1 heterocycles. The summed E-state index contributed by atoms with van der Waals surface area (Å²) in [7, 11) is 0. The second-order valence-corrected chi connectivity index (χ2v) is 7.92. The summed E-state index contributed by atoms with van der Waals surface area (Å²) in [6, 6.07) is 8.08. The maximum atomic E-state index is 10.2. The number of aromatic nitrogens is 1. The molecular weight excluding hydrogens is 334 g/mol. The minimum atomic E-state index is -0.379. The molecule has 0 fully saturated rings. The second-order valence-electron chi connectivity index (χ2n) is 6.07. The van der Waals surface area contributed by atoms with Crippen LogP contribution in [0.2, 0.25) is 0 Å². The van der Waals surface area contributed by atoms with Crippen molar-refractivity contribution in [2.75, 3.05) is 0 Å². The van der Waals surface area contributed by atoms with Crippen molar-refractivity contribution < 1.29 is 5.11 Å². The Morgan fingerprint density at radius 1 is 1.20 bits per heavy atom. The van der Waals surface area contributed by atoms with Gasteiger partial charge in [-0.2, -0.15) is 0 Å². The van der Waals surface area contributed by atoms with Crippen molar-refractivity contribution >= 4 is 27.3 Å². The van der Waals surface area contributed by atoms with Gasteiger partial charge in [-0.3, -0.25) is 0 Å². The fourth-order valence-electron chi connectivity index (χ4n) is 1.92. The summed E-state index contributed by atoms with van der Waals surface area (Å²) in [5.74, 6) is 0. The summed E-state index contributed by atoms with van der Waals surface area (Å²) < 4.78 is 1.06. The van der Waals surface area contributed by atoms with Crippen molar-refractivity contribution in [3.63, 3.8) is 0 Å². The van der Waals surface area contributed by atoms with Crippen LogP contribution in [0.5, 0.6) is 0 Å². The smallest absolute Gasteiger partial charge is 0.0954 e. The SMILES string of the molecule is CC(C)(C)c1csc(CC(O)Cc2ccc(Br)cc2)n1. The third-order valence-electron chi connectivity index (χ3n) is 3.11. The molecule has 0 aliphatic heterocycles. The molecule has 0 aliphatic carbocycles. The van der Waals surface area contributed by atoms with Crippen LogP contribution < -0.4 is 0 Å². The van der Waals surface area contributed by atoms with Gasteiger partial charge in [-0.1, -0.05) is 48.8 Å². The van der Waals surface area contributed by atoms with Crippen LogP contribution in [-0.2, 0) is 18.3 Å². The number of thiazole rings is 1. The quantitative estimate of drug-likeness (QED) is 0.886. The summed E-state index contributed by atoms with van der Waals surface area (Å²) in [5, 5.41) is 13.3. The van der Waals surface area contributed by atoms with Gasteiger partial charge in [-0.15, -0.1) is 11.3 Å². The summed E-state index contributed by atoms with van der Waals surface area (Å²) >= 11 is 5.06. The van der Waals surface area contributed by atoms with Gasteiger partial charge in [0.15, 0.2) is 0 Å². The number of rotatable bonds is 4. The van der Waals surface area contributed by atoms with Crippen molar-refractivity contribution in [2.24, 2.45) is 0 Å². The molecule has 1 atom stereocenters. The zero-order chi connectivity index (χ0) is 14.8. The lowest BCUT2D eigenvalue weighted by Gasteiger charge is -2.14. The summed E-state index contributed by atoms with van der Waals surface area (Å²) in [6.07, 6.45) is 0.907. The minimum Gasteiger partial charge on any atom is -0.392 e. The first-order valence-electron chi connectivity index (χ1n) is 6.72. The standard InChI is InChI=1S/C16H20BrNOS/c1-16(2,3)14-10-20-15(18-14)9-13(19)8-11-4-6-12(17)7-5-11/h4-7,10,13,19H,8-9H2,1-3H3. The Balaban J connectivity index is 1.96. The predicted octanol–water partition coefficient (Wildman–Crippen LogP) is 4.35. The Kier molecular flexibility index (Phi) is 4.99. The molecule has 0 saturated heterocycles. The van der Waals surface area contributed by atoms with E-state index in [9.17, 15) is 5.11 Å². The first-order chi connectivity index (χ1) is 9.34. The van der Waals surface area contributed by atoms with Crippen LogP contribution in [0, 0.1) is 0 Å². The normalized spacial score (nSPS) is 13.4. The van der Waals surface area contributed by atoms with Gasteiger partial charge in [-0.25, -0.2) is 4.98 Å². The molecule has 4 heteroatoms. The first-order valence-corrected chi connectivity index (χ1v) is 8.39. The molecule has 20 heavy (non-hydrogen) atoms. The molecule has 1 aromatic heterocycles. The molecule has 0 radical (unpaired) electrons. The third-order valence-corrected chi connectivity index (χ3v) is 4.51. The molecule has 1 unspecified atom stereocenters. The molecule has 108 valence electrons. The highest BCUT2D eigenvalue weighted by molar-refractivity contribution is 9.10. The van der Waals surface area contributed by atoms with E-state index in [0.717, 1.165) is 20.7 Å². The van der Waals surface area contributed by atoms with Crippen molar-refractivity contribution in [3.05, 3.63) is 50.4 Å². The number of hydrogen-bond donors (Lipinski definition) is 1. The van der Waals surface area contributed by atoms with E-state index in [4.69, 9.17) is 0 Å². The number of halogens is 1. The van der Waals surface area contributed by atoms with E-state index in [1.54, 1.807) is 11.3 Å². The molecule has 0 spiro atoms. The average molecular weight is 354 g/mol. The Labute approximate surface area is 133 Å². The Bertz CT molecular complexity index is 557. The molecule has 1 aromatic carbocycles. The lowest BCUT2D eigenvalue weighted by Crippen LogP contribution is -2.15. The zero-order valence-electron chi connectivity index (χ0n) is 12.1. The molecule has 2 aromatic rings. The maximum Gasteiger partial charge on any atom is 0.0954 e. The number of aliphatic hydroxyl groups is 1. The Morgan fingerprint density at radius 3 is 2.40 bits per heavy atom. The van der Waals surface area contributed by atoms with E-state index in [0.29, 0.717) is 12.8 Å². The van der Waals surface area contributed by atoms with Crippen LogP contribution in [0.3, 0.4) is 0 Å². The second kappa shape index (κ2) is 6.37. The zero-order valence-corrected chi connectivity index (χ0v) is 14.5. The molecule has 0 amide bonds. The molecule has 2 nitrogen and oxygen atoms in total. The van der Waals surface area contributed by atoms with Gasteiger partial charge in [0.2, 0.25) is 0 Å². The van der Waals surface area contributed by atoms with Crippen molar-refractivity contribution in [1.82, 2.24) is 4.98 Å². The van der Waals surface area contributed by atoms with Crippen molar-refractivity contribution in [3.8, 4) is 0 Å². The van der Waals surface area contributed by atoms with Crippen LogP contribution in [0.25, 0.3) is 0 Å². The fraction of sp³-hybridized carbons (Fsp3) is 0.438. The number of nitrogens with zero attached hydrogens (tertiary/aromatic N) is 1. The van der Waals surface area contributed by atoms with Gasteiger partial charge in [0, 0.05) is 21.7 Å². The molecule has 1 N–H and O–H groups in total. The first kappa shape index (κ1) is 15.7. The van der Waals surface area contributed by atoms with E-state index in [1.807, 2.05) is 24.3 Å². The topological polar surface area (TPSA) is 33.1 Å². The monoisotopic (exact) mass is 353 g/mol. The van der Waals surface area contributed by atoms with Crippen LogP contribution in [0.4, 0.5) is 0 Å². The van der Waals surface area contributed by atoms with Crippen molar-refractivity contribution in [2.45, 2.75) is 45.1 Å². The number of hydrogen-bond acceptors (Lipinski definition) is 3. The van der Waals surface area contributed by atoms with Gasteiger partial charge in [-0.05, 0) is 24.1 Å². The lowest BCUT2D eigenvalue weighted by atomic mass is 9.93. The highest BCUT2D eigenvalue weighted by Crippen LogP contribution is 2.24.